The van der Waals surface area contributed by atoms with E-state index in [0.717, 1.165) is 37.2 Å². The van der Waals surface area contributed by atoms with Gasteiger partial charge in [-0.05, 0) is 44.6 Å². The minimum Gasteiger partial charge on any atom is -0.369 e. The maximum Gasteiger partial charge on any atom is 0.163 e. The molecule has 1 aliphatic heterocycles. The van der Waals surface area contributed by atoms with Crippen LogP contribution in [0.25, 0.3) is 11.1 Å². The van der Waals surface area contributed by atoms with Crippen molar-refractivity contribution in [3.05, 3.63) is 45.9 Å². The van der Waals surface area contributed by atoms with Crippen LogP contribution in [-0.2, 0) is 5.41 Å². The molecule has 0 amide bonds. The summed E-state index contributed by atoms with van der Waals surface area (Å²) in [6.45, 7) is 3.82. The minimum atomic E-state index is -0.551. The van der Waals surface area contributed by atoms with E-state index in [1.165, 1.54) is 6.92 Å². The average Bonchev–Trinajstić information content (AvgIpc) is 3.21. The Morgan fingerprint density at radius 2 is 2.25 bits per heavy atom. The van der Waals surface area contributed by atoms with Crippen molar-refractivity contribution in [3.63, 3.8) is 0 Å². The first-order valence-electron chi connectivity index (χ1n) is 9.48. The number of Topliss-reactive ketones (excluding diaryl/α,β-unsaturated/α-hetero) is 1. The molecule has 2 unspecified atom stereocenters. The zero-order valence-electron chi connectivity index (χ0n) is 15.9. The number of hydrogen-bond donors (Lipinski definition) is 1. The molecule has 1 saturated carbocycles. The Kier molecular flexibility index (Phi) is 4.63. The van der Waals surface area contributed by atoms with E-state index in [1.54, 1.807) is 25.3 Å². The van der Waals surface area contributed by atoms with E-state index in [-0.39, 0.29) is 16.8 Å². The van der Waals surface area contributed by atoms with Crippen molar-refractivity contribution in [2.45, 2.75) is 44.9 Å². The van der Waals surface area contributed by atoms with Gasteiger partial charge in [0.1, 0.15) is 11.6 Å². The van der Waals surface area contributed by atoms with Crippen LogP contribution in [0.1, 0.15) is 54.1 Å². The van der Waals surface area contributed by atoms with Crippen molar-refractivity contribution in [2.24, 2.45) is 5.92 Å². The fourth-order valence-electron chi connectivity index (χ4n) is 4.88. The number of rotatable bonds is 3. The lowest BCUT2D eigenvalue weighted by atomic mass is 9.79. The molecular weight excluding hydrogens is 377 g/mol. The molecule has 0 saturated heterocycles. The summed E-state index contributed by atoms with van der Waals surface area (Å²) in [4.78, 5) is 16.4. The second-order valence-electron chi connectivity index (χ2n) is 7.99. The topological polar surface area (TPSA) is 65.8 Å². The number of halogens is 2. The number of nitrogens with zero attached hydrogens (tertiary/aromatic N) is 2. The number of carbonyl (C=O) groups is 1. The van der Waals surface area contributed by atoms with E-state index in [4.69, 9.17) is 16.9 Å². The van der Waals surface area contributed by atoms with Gasteiger partial charge in [0.2, 0.25) is 0 Å². The number of hydrogen-bond acceptors (Lipinski definition) is 4. The molecule has 6 heteroatoms. The molecule has 144 valence electrons. The van der Waals surface area contributed by atoms with Crippen molar-refractivity contribution < 1.29 is 9.18 Å². The summed E-state index contributed by atoms with van der Waals surface area (Å²) < 4.78 is 15.2. The van der Waals surface area contributed by atoms with Crippen LogP contribution < -0.4 is 5.32 Å². The Bertz CT molecular complexity index is 1030. The summed E-state index contributed by atoms with van der Waals surface area (Å²) in [6.07, 6.45) is 4.89. The largest absolute Gasteiger partial charge is 0.369 e. The number of fused-ring (bicyclic) bond motifs is 2. The Morgan fingerprint density at radius 3 is 2.96 bits per heavy atom. The van der Waals surface area contributed by atoms with E-state index >= 15 is 4.39 Å². The van der Waals surface area contributed by atoms with Gasteiger partial charge in [0.05, 0.1) is 16.7 Å². The van der Waals surface area contributed by atoms with Gasteiger partial charge in [-0.3, -0.25) is 4.79 Å². The average molecular weight is 398 g/mol. The molecule has 0 bridgehead atoms. The molecule has 4 nitrogen and oxygen atoms in total. The normalized spacial score (nSPS) is 22.8. The molecule has 0 radical (unpaired) electrons. The first-order chi connectivity index (χ1) is 13.4. The summed E-state index contributed by atoms with van der Waals surface area (Å²) in [5, 5.41) is 12.9. The molecule has 4 rings (SSSR count). The highest BCUT2D eigenvalue weighted by Gasteiger charge is 2.47. The smallest absolute Gasteiger partial charge is 0.163 e. The first kappa shape index (κ1) is 18.9. The van der Waals surface area contributed by atoms with Crippen LogP contribution in [0, 0.1) is 30.0 Å². The number of aromatic nitrogens is 1. The zero-order valence-corrected chi connectivity index (χ0v) is 16.7. The third kappa shape index (κ3) is 2.79. The Balaban J connectivity index is 1.84. The fourth-order valence-corrected chi connectivity index (χ4v) is 5.32. The second-order valence-corrected chi connectivity index (χ2v) is 8.37. The van der Waals surface area contributed by atoms with Crippen molar-refractivity contribution in [2.75, 3.05) is 11.9 Å². The highest BCUT2D eigenvalue weighted by molar-refractivity contribution is 6.34. The highest BCUT2D eigenvalue weighted by Crippen LogP contribution is 2.54. The van der Waals surface area contributed by atoms with Gasteiger partial charge in [-0.1, -0.05) is 23.7 Å². The Morgan fingerprint density at radius 1 is 1.46 bits per heavy atom. The maximum atomic E-state index is 15.2. The summed E-state index contributed by atoms with van der Waals surface area (Å²) in [6, 6.07) is 5.67. The first-order valence-corrected chi connectivity index (χ1v) is 9.86. The van der Waals surface area contributed by atoms with Gasteiger partial charge in [0.15, 0.2) is 5.78 Å². The van der Waals surface area contributed by atoms with E-state index in [1.807, 2.05) is 0 Å². The third-order valence-corrected chi connectivity index (χ3v) is 6.62. The minimum absolute atomic E-state index is 0.0943. The molecule has 1 N–H and O–H groups in total. The number of nitrogens with one attached hydrogen (secondary N) is 1. The van der Waals surface area contributed by atoms with E-state index in [9.17, 15) is 4.79 Å². The third-order valence-electron chi connectivity index (χ3n) is 6.22. The fraction of sp³-hybridized carbons (Fsp3) is 0.409. The molecule has 2 aromatic rings. The van der Waals surface area contributed by atoms with Crippen molar-refractivity contribution in [3.8, 4) is 17.2 Å². The summed E-state index contributed by atoms with van der Waals surface area (Å²) in [7, 11) is 0. The van der Waals surface area contributed by atoms with Crippen LogP contribution in [0.5, 0.6) is 0 Å². The lowest BCUT2D eigenvalue weighted by Gasteiger charge is -2.25. The van der Waals surface area contributed by atoms with Gasteiger partial charge in [0, 0.05) is 41.3 Å². The number of carbonyl (C=O) groups excluding carboxylic acids is 1. The lowest BCUT2D eigenvalue weighted by molar-refractivity contribution is 0.101. The highest BCUT2D eigenvalue weighted by atomic mass is 35.5. The molecule has 1 aromatic carbocycles. The molecule has 1 aromatic heterocycles. The number of nitriles is 1. The summed E-state index contributed by atoms with van der Waals surface area (Å²) >= 11 is 6.83. The molecule has 1 fully saturated rings. The number of aryl methyl sites for hydroxylation is 1. The predicted octanol–water partition coefficient (Wildman–Crippen LogP) is 5.43. The zero-order chi connectivity index (χ0) is 20.1. The Labute approximate surface area is 168 Å². The van der Waals surface area contributed by atoms with Crippen molar-refractivity contribution in [1.29, 1.82) is 5.26 Å². The van der Waals surface area contributed by atoms with Crippen LogP contribution in [0.15, 0.2) is 18.3 Å². The van der Waals surface area contributed by atoms with E-state index in [2.05, 4.69) is 16.4 Å². The van der Waals surface area contributed by atoms with E-state index in [0.29, 0.717) is 34.1 Å². The molecule has 28 heavy (non-hydrogen) atoms. The monoisotopic (exact) mass is 397 g/mol. The predicted molar refractivity (Wildman–Crippen MR) is 107 cm³/mol. The van der Waals surface area contributed by atoms with Crippen LogP contribution in [-0.4, -0.2) is 17.3 Å². The Hall–Kier alpha value is -2.45. The lowest BCUT2D eigenvalue weighted by Crippen LogP contribution is -2.25. The number of ketones is 1. The van der Waals surface area contributed by atoms with Gasteiger partial charge in [-0.15, -0.1) is 0 Å². The molecule has 2 heterocycles. The quantitative estimate of drug-likeness (QED) is 0.701. The number of pyridine rings is 1. The summed E-state index contributed by atoms with van der Waals surface area (Å²) in [5.74, 6) is 0.226. The summed E-state index contributed by atoms with van der Waals surface area (Å²) in [5.41, 5.74) is 2.26. The number of benzene rings is 1. The van der Waals surface area contributed by atoms with E-state index < -0.39 is 5.82 Å². The molecular formula is C22H21ClFN3O. The molecule has 2 atom stereocenters. The van der Waals surface area contributed by atoms with Gasteiger partial charge < -0.3 is 5.32 Å². The van der Waals surface area contributed by atoms with Gasteiger partial charge in [-0.2, -0.15) is 5.26 Å². The van der Waals surface area contributed by atoms with Gasteiger partial charge >= 0.3 is 0 Å². The standard InChI is InChI=1S/C22H21ClFN3O/c1-12-3-4-15(20(24)17(12)13(2)28)16-10-26-21-18(19(16)23)22(11-27-21)7-5-14(9-22)6-8-25/h3-4,10,14H,5-7,9,11H2,1-2H3,(H,26,27). The SMILES string of the molecule is CC(=O)c1c(C)ccc(-c2cnc3c(c2Cl)C2(CCC(CC#N)C2)CN3)c1F. The molecule has 2 aliphatic rings. The van der Waals surface area contributed by atoms with Crippen LogP contribution in [0.3, 0.4) is 0 Å². The number of anilines is 1. The second kappa shape index (κ2) is 6.86. The van der Waals surface area contributed by atoms with Gasteiger partial charge in [0.25, 0.3) is 0 Å². The van der Waals surface area contributed by atoms with Crippen LogP contribution >= 0.6 is 11.6 Å². The molecule has 1 aliphatic carbocycles. The van der Waals surface area contributed by atoms with Gasteiger partial charge in [-0.25, -0.2) is 9.37 Å². The maximum absolute atomic E-state index is 15.2. The van der Waals surface area contributed by atoms with Crippen LogP contribution in [0.2, 0.25) is 5.02 Å². The van der Waals surface area contributed by atoms with Crippen molar-refractivity contribution in [1.82, 2.24) is 4.98 Å². The van der Waals surface area contributed by atoms with Crippen molar-refractivity contribution >= 4 is 23.2 Å². The molecule has 1 spiro atoms. The van der Waals surface area contributed by atoms with Crippen LogP contribution in [0.4, 0.5) is 10.2 Å².